The van der Waals surface area contributed by atoms with Crippen LogP contribution in [0.1, 0.15) is 39.3 Å². The first-order valence-electron chi connectivity index (χ1n) is 8.87. The van der Waals surface area contributed by atoms with Gasteiger partial charge in [0.05, 0.1) is 18.9 Å². The summed E-state index contributed by atoms with van der Waals surface area (Å²) in [5.41, 5.74) is 1.73. The van der Waals surface area contributed by atoms with Gasteiger partial charge in [0.1, 0.15) is 0 Å². The van der Waals surface area contributed by atoms with Crippen LogP contribution >= 0.6 is 0 Å². The molecule has 1 aliphatic rings. The van der Waals surface area contributed by atoms with Crippen LogP contribution in [0.15, 0.2) is 47.1 Å². The molecular formula is C20H24N2O4. The van der Waals surface area contributed by atoms with Gasteiger partial charge >= 0.3 is 5.97 Å². The predicted molar refractivity (Wildman–Crippen MR) is 96.8 cm³/mol. The highest BCUT2D eigenvalue weighted by Crippen LogP contribution is 2.18. The van der Waals surface area contributed by atoms with E-state index >= 15 is 0 Å². The number of hydrogen-bond acceptors (Lipinski definition) is 5. The Morgan fingerprint density at radius 2 is 2.08 bits per heavy atom. The molecule has 0 saturated carbocycles. The Morgan fingerprint density at radius 3 is 2.77 bits per heavy atom. The van der Waals surface area contributed by atoms with Gasteiger partial charge in [-0.25, -0.2) is 4.79 Å². The van der Waals surface area contributed by atoms with Crippen molar-refractivity contribution in [3.63, 3.8) is 0 Å². The highest BCUT2D eigenvalue weighted by molar-refractivity contribution is 5.91. The van der Waals surface area contributed by atoms with E-state index < -0.39 is 0 Å². The fourth-order valence-electron chi connectivity index (χ4n) is 3.32. The van der Waals surface area contributed by atoms with Crippen LogP contribution in [0.25, 0.3) is 0 Å². The largest absolute Gasteiger partial charge is 0.465 e. The minimum Gasteiger partial charge on any atom is -0.465 e. The molecule has 2 aromatic rings. The first-order valence-corrected chi connectivity index (χ1v) is 8.87. The fourth-order valence-corrected chi connectivity index (χ4v) is 3.32. The number of amides is 1. The van der Waals surface area contributed by atoms with Gasteiger partial charge in [0, 0.05) is 19.6 Å². The second-order valence-electron chi connectivity index (χ2n) is 6.62. The summed E-state index contributed by atoms with van der Waals surface area (Å²) in [7, 11) is 1.38. The third kappa shape index (κ3) is 4.73. The van der Waals surface area contributed by atoms with Gasteiger partial charge in [-0.2, -0.15) is 0 Å². The summed E-state index contributed by atoms with van der Waals surface area (Å²) in [6.07, 6.45) is 3.72. The second kappa shape index (κ2) is 8.67. The number of nitrogens with one attached hydrogen (secondary N) is 1. The fraction of sp³-hybridized carbons (Fsp3) is 0.400. The van der Waals surface area contributed by atoms with Crippen molar-refractivity contribution < 1.29 is 18.7 Å². The van der Waals surface area contributed by atoms with Gasteiger partial charge in [-0.1, -0.05) is 12.1 Å². The Balaban J connectivity index is 1.49. The molecular weight excluding hydrogens is 332 g/mol. The Kier molecular flexibility index (Phi) is 6.07. The Hall–Kier alpha value is -2.60. The zero-order valence-corrected chi connectivity index (χ0v) is 14.9. The topological polar surface area (TPSA) is 71.8 Å². The Bertz CT molecular complexity index is 725. The number of nitrogens with zero attached hydrogens (tertiary/aromatic N) is 1. The first-order chi connectivity index (χ1) is 12.7. The lowest BCUT2D eigenvalue weighted by Gasteiger charge is -2.32. The molecule has 1 fully saturated rings. The highest BCUT2D eigenvalue weighted by atomic mass is 16.5. The molecule has 2 heterocycles. The first kappa shape index (κ1) is 18.2. The number of rotatable bonds is 6. The smallest absolute Gasteiger partial charge is 0.337 e. The van der Waals surface area contributed by atoms with Crippen LogP contribution < -0.4 is 5.32 Å². The van der Waals surface area contributed by atoms with Crippen LogP contribution in [-0.4, -0.2) is 43.5 Å². The Labute approximate surface area is 153 Å². The van der Waals surface area contributed by atoms with Gasteiger partial charge in [-0.3, -0.25) is 9.69 Å². The molecule has 0 radical (unpaired) electrons. The van der Waals surface area contributed by atoms with Crippen LogP contribution in [0.3, 0.4) is 0 Å². The number of furan rings is 1. The average molecular weight is 356 g/mol. The number of likely N-dealkylation sites (tertiary alicyclic amines) is 1. The zero-order chi connectivity index (χ0) is 18.4. The lowest BCUT2D eigenvalue weighted by Crippen LogP contribution is -2.40. The summed E-state index contributed by atoms with van der Waals surface area (Å²) < 4.78 is 9.84. The van der Waals surface area contributed by atoms with E-state index in [2.05, 4.69) is 10.2 Å². The van der Waals surface area contributed by atoms with E-state index in [1.54, 1.807) is 24.3 Å². The van der Waals surface area contributed by atoms with E-state index in [0.717, 1.165) is 38.0 Å². The number of benzene rings is 1. The van der Waals surface area contributed by atoms with Crippen molar-refractivity contribution in [2.75, 3.05) is 26.7 Å². The van der Waals surface area contributed by atoms with Gasteiger partial charge in [-0.05, 0) is 55.1 Å². The van der Waals surface area contributed by atoms with Crippen molar-refractivity contribution in [2.24, 2.45) is 5.92 Å². The SMILES string of the molecule is COC(=O)c1ccc(CN2CCC[C@@H](CNC(=O)c3ccco3)C2)cc1. The quantitative estimate of drug-likeness (QED) is 0.806. The maximum absolute atomic E-state index is 12.0. The van der Waals surface area contributed by atoms with E-state index in [1.165, 1.54) is 13.4 Å². The molecule has 26 heavy (non-hydrogen) atoms. The molecule has 1 atom stereocenters. The van der Waals surface area contributed by atoms with Crippen molar-refractivity contribution in [1.82, 2.24) is 10.2 Å². The van der Waals surface area contributed by atoms with Gasteiger partial charge < -0.3 is 14.5 Å². The molecule has 138 valence electrons. The van der Waals surface area contributed by atoms with E-state index in [0.29, 0.717) is 23.8 Å². The lowest BCUT2D eigenvalue weighted by atomic mass is 9.97. The van der Waals surface area contributed by atoms with Crippen molar-refractivity contribution >= 4 is 11.9 Å². The van der Waals surface area contributed by atoms with Gasteiger partial charge in [-0.15, -0.1) is 0 Å². The number of carbonyl (C=O) groups is 2. The third-order valence-electron chi connectivity index (χ3n) is 4.68. The number of methoxy groups -OCH3 is 1. The second-order valence-corrected chi connectivity index (χ2v) is 6.62. The molecule has 1 amide bonds. The van der Waals surface area contributed by atoms with Gasteiger partial charge in [0.15, 0.2) is 5.76 Å². The predicted octanol–water partition coefficient (Wildman–Crippen LogP) is 2.71. The summed E-state index contributed by atoms with van der Waals surface area (Å²) in [6.45, 7) is 3.47. The van der Waals surface area contributed by atoms with Crippen molar-refractivity contribution in [2.45, 2.75) is 19.4 Å². The minimum absolute atomic E-state index is 0.162. The van der Waals surface area contributed by atoms with Crippen LogP contribution in [0.2, 0.25) is 0 Å². The molecule has 1 aromatic carbocycles. The molecule has 0 unspecified atom stereocenters. The molecule has 6 heteroatoms. The summed E-state index contributed by atoms with van der Waals surface area (Å²) in [5, 5.41) is 2.95. The van der Waals surface area contributed by atoms with E-state index in [9.17, 15) is 9.59 Å². The standard InChI is InChI=1S/C20H24N2O4/c1-25-20(24)17-8-6-15(7-9-17)13-22-10-2-4-16(14-22)12-21-19(23)18-5-3-11-26-18/h3,5-9,11,16H,2,4,10,12-14H2,1H3,(H,21,23)/t16-/m0/s1. The molecule has 0 aliphatic carbocycles. The van der Waals surface area contributed by atoms with Crippen LogP contribution in [0, 0.1) is 5.92 Å². The highest BCUT2D eigenvalue weighted by Gasteiger charge is 2.21. The van der Waals surface area contributed by atoms with Crippen molar-refractivity contribution in [3.05, 3.63) is 59.5 Å². The zero-order valence-electron chi connectivity index (χ0n) is 14.9. The lowest BCUT2D eigenvalue weighted by molar-refractivity contribution is 0.0600. The molecule has 6 nitrogen and oxygen atoms in total. The minimum atomic E-state index is -0.318. The normalized spacial score (nSPS) is 17.7. The summed E-state index contributed by atoms with van der Waals surface area (Å²) >= 11 is 0. The number of hydrogen-bond donors (Lipinski definition) is 1. The number of ether oxygens (including phenoxy) is 1. The van der Waals surface area contributed by atoms with Crippen LogP contribution in [0.5, 0.6) is 0 Å². The summed E-state index contributed by atoms with van der Waals surface area (Å²) in [5.74, 6) is 0.299. The third-order valence-corrected chi connectivity index (χ3v) is 4.68. The summed E-state index contributed by atoms with van der Waals surface area (Å²) in [6, 6.07) is 10.9. The van der Waals surface area contributed by atoms with Gasteiger partial charge in [0.25, 0.3) is 5.91 Å². The number of piperidine rings is 1. The number of carbonyl (C=O) groups excluding carboxylic acids is 2. The molecule has 1 aliphatic heterocycles. The monoisotopic (exact) mass is 356 g/mol. The van der Waals surface area contributed by atoms with E-state index in [1.807, 2.05) is 12.1 Å². The van der Waals surface area contributed by atoms with Crippen LogP contribution in [-0.2, 0) is 11.3 Å². The maximum atomic E-state index is 12.0. The van der Waals surface area contributed by atoms with E-state index in [4.69, 9.17) is 9.15 Å². The average Bonchev–Trinajstić information content (AvgIpc) is 3.21. The maximum Gasteiger partial charge on any atom is 0.337 e. The summed E-state index contributed by atoms with van der Waals surface area (Å²) in [4.78, 5) is 25.9. The molecule has 3 rings (SSSR count). The van der Waals surface area contributed by atoms with Gasteiger partial charge in [0.2, 0.25) is 0 Å². The number of esters is 1. The molecule has 0 spiro atoms. The molecule has 1 N–H and O–H groups in total. The Morgan fingerprint density at radius 1 is 1.27 bits per heavy atom. The van der Waals surface area contributed by atoms with Crippen LogP contribution in [0.4, 0.5) is 0 Å². The van der Waals surface area contributed by atoms with E-state index in [-0.39, 0.29) is 11.9 Å². The van der Waals surface area contributed by atoms with Crippen molar-refractivity contribution in [1.29, 1.82) is 0 Å². The molecule has 1 saturated heterocycles. The molecule has 1 aromatic heterocycles. The van der Waals surface area contributed by atoms with Crippen molar-refractivity contribution in [3.8, 4) is 0 Å². The molecule has 0 bridgehead atoms.